The van der Waals surface area contributed by atoms with E-state index in [1.807, 2.05) is 11.0 Å². The third kappa shape index (κ3) is 2.56. The third-order valence-corrected chi connectivity index (χ3v) is 5.36. The Morgan fingerprint density at radius 3 is 2.86 bits per heavy atom. The zero-order chi connectivity index (χ0) is 15.2. The molecule has 21 heavy (non-hydrogen) atoms. The van der Waals surface area contributed by atoms with E-state index in [9.17, 15) is 4.79 Å². The fourth-order valence-corrected chi connectivity index (χ4v) is 4.22. The van der Waals surface area contributed by atoms with Crippen molar-refractivity contribution in [2.45, 2.75) is 32.7 Å². The van der Waals surface area contributed by atoms with Crippen LogP contribution >= 0.6 is 23.2 Å². The first-order chi connectivity index (χ1) is 9.92. The van der Waals surface area contributed by atoms with Crippen LogP contribution in [0.4, 0.5) is 0 Å². The molecule has 1 aromatic carbocycles. The Labute approximate surface area is 135 Å². The van der Waals surface area contributed by atoms with Crippen LogP contribution in [0.1, 0.15) is 37.4 Å². The first kappa shape index (κ1) is 15.1. The summed E-state index contributed by atoms with van der Waals surface area (Å²) in [6, 6.07) is 3.74. The first-order valence-corrected chi connectivity index (χ1v) is 8.17. The van der Waals surface area contributed by atoms with Gasteiger partial charge in [0, 0.05) is 23.1 Å². The average Bonchev–Trinajstić information content (AvgIpc) is 2.86. The van der Waals surface area contributed by atoms with Crippen LogP contribution in [-0.2, 0) is 11.2 Å². The standard InChI is InChI=1S/C16H20Cl2N2O/c1-10-14-11(7-12(17)8-13(14)18)3-6-20(10)15(21)16(2)4-5-19-9-16/h7-8,10,19H,3-6,9H2,1-2H3/t10-,16?/m0/s1. The predicted molar refractivity (Wildman–Crippen MR) is 85.9 cm³/mol. The summed E-state index contributed by atoms with van der Waals surface area (Å²) < 4.78 is 0. The number of hydrogen-bond donors (Lipinski definition) is 1. The van der Waals surface area contributed by atoms with E-state index < -0.39 is 0 Å². The minimum Gasteiger partial charge on any atom is -0.335 e. The van der Waals surface area contributed by atoms with Gasteiger partial charge in [0.15, 0.2) is 0 Å². The Kier molecular flexibility index (Phi) is 3.93. The van der Waals surface area contributed by atoms with Gasteiger partial charge in [0.05, 0.1) is 11.5 Å². The number of rotatable bonds is 1. The first-order valence-electron chi connectivity index (χ1n) is 7.42. The summed E-state index contributed by atoms with van der Waals surface area (Å²) in [5.74, 6) is 0.233. The maximum atomic E-state index is 12.9. The number of halogens is 2. The molecule has 1 saturated heterocycles. The summed E-state index contributed by atoms with van der Waals surface area (Å²) in [5, 5.41) is 4.62. The van der Waals surface area contributed by atoms with E-state index in [0.717, 1.165) is 38.0 Å². The lowest BCUT2D eigenvalue weighted by Crippen LogP contribution is -2.47. The number of nitrogens with zero attached hydrogens (tertiary/aromatic N) is 1. The van der Waals surface area contributed by atoms with E-state index in [4.69, 9.17) is 23.2 Å². The maximum Gasteiger partial charge on any atom is 0.230 e. The highest BCUT2D eigenvalue weighted by atomic mass is 35.5. The second-order valence-corrected chi connectivity index (χ2v) is 7.22. The normalized spacial score (nSPS) is 28.6. The quantitative estimate of drug-likeness (QED) is 0.857. The van der Waals surface area contributed by atoms with E-state index in [1.54, 1.807) is 6.07 Å². The Bertz CT molecular complexity index is 582. The molecule has 0 bridgehead atoms. The van der Waals surface area contributed by atoms with Crippen molar-refractivity contribution in [2.24, 2.45) is 5.41 Å². The minimum absolute atomic E-state index is 0.00319. The van der Waals surface area contributed by atoms with Gasteiger partial charge in [-0.1, -0.05) is 23.2 Å². The highest BCUT2D eigenvalue weighted by molar-refractivity contribution is 6.35. The monoisotopic (exact) mass is 326 g/mol. The van der Waals surface area contributed by atoms with Crippen LogP contribution in [0, 0.1) is 5.41 Å². The minimum atomic E-state index is -0.287. The lowest BCUT2D eigenvalue weighted by molar-refractivity contribution is -0.143. The third-order valence-electron chi connectivity index (χ3n) is 4.83. The number of benzene rings is 1. The summed E-state index contributed by atoms with van der Waals surface area (Å²) in [5.41, 5.74) is 1.93. The molecule has 1 aromatic rings. The number of fused-ring (bicyclic) bond motifs is 1. The van der Waals surface area contributed by atoms with Gasteiger partial charge < -0.3 is 10.2 Å². The van der Waals surface area contributed by atoms with E-state index in [-0.39, 0.29) is 17.4 Å². The van der Waals surface area contributed by atoms with Crippen molar-refractivity contribution in [3.63, 3.8) is 0 Å². The zero-order valence-electron chi connectivity index (χ0n) is 12.4. The van der Waals surface area contributed by atoms with E-state index in [2.05, 4.69) is 19.2 Å². The number of carbonyl (C=O) groups is 1. The van der Waals surface area contributed by atoms with Crippen molar-refractivity contribution in [1.82, 2.24) is 10.2 Å². The molecule has 3 rings (SSSR count). The summed E-state index contributed by atoms with van der Waals surface area (Å²) in [6.45, 7) is 6.52. The van der Waals surface area contributed by atoms with E-state index in [1.165, 1.54) is 5.56 Å². The lowest BCUT2D eigenvalue weighted by Gasteiger charge is -2.40. The summed E-state index contributed by atoms with van der Waals surface area (Å²) in [7, 11) is 0. The maximum absolute atomic E-state index is 12.9. The molecule has 2 aliphatic heterocycles. The molecule has 0 aromatic heterocycles. The molecule has 1 N–H and O–H groups in total. The van der Waals surface area contributed by atoms with Crippen molar-refractivity contribution in [3.05, 3.63) is 33.3 Å². The van der Waals surface area contributed by atoms with Crippen LogP contribution in [0.15, 0.2) is 12.1 Å². The van der Waals surface area contributed by atoms with E-state index in [0.29, 0.717) is 10.0 Å². The SMILES string of the molecule is C[C@H]1c2c(Cl)cc(Cl)cc2CCN1C(=O)C1(C)CCNC1. The van der Waals surface area contributed by atoms with Gasteiger partial charge in [0.1, 0.15) is 0 Å². The second-order valence-electron chi connectivity index (χ2n) is 6.37. The van der Waals surface area contributed by atoms with Crippen LogP contribution in [0.25, 0.3) is 0 Å². The van der Waals surface area contributed by atoms with Crippen LogP contribution < -0.4 is 5.32 Å². The van der Waals surface area contributed by atoms with Crippen molar-refractivity contribution in [1.29, 1.82) is 0 Å². The topological polar surface area (TPSA) is 32.3 Å². The molecule has 1 amide bonds. The van der Waals surface area contributed by atoms with E-state index >= 15 is 0 Å². The Morgan fingerprint density at radius 2 is 2.19 bits per heavy atom. The van der Waals surface area contributed by atoms with Gasteiger partial charge in [0.25, 0.3) is 0 Å². The van der Waals surface area contributed by atoms with Gasteiger partial charge in [-0.15, -0.1) is 0 Å². The zero-order valence-corrected chi connectivity index (χ0v) is 13.9. The Hall–Kier alpha value is -0.770. The lowest BCUT2D eigenvalue weighted by atomic mass is 9.85. The number of hydrogen-bond acceptors (Lipinski definition) is 2. The molecule has 5 heteroatoms. The predicted octanol–water partition coefficient (Wildman–Crippen LogP) is 3.44. The average molecular weight is 327 g/mol. The number of nitrogens with one attached hydrogen (secondary N) is 1. The molecule has 1 fully saturated rings. The molecule has 0 saturated carbocycles. The number of carbonyl (C=O) groups excluding carboxylic acids is 1. The Morgan fingerprint density at radius 1 is 1.43 bits per heavy atom. The van der Waals surface area contributed by atoms with Gasteiger partial charge in [-0.25, -0.2) is 0 Å². The number of amides is 1. The fraction of sp³-hybridized carbons (Fsp3) is 0.562. The molecule has 0 aliphatic carbocycles. The van der Waals surface area contributed by atoms with Gasteiger partial charge in [-0.2, -0.15) is 0 Å². The molecule has 2 heterocycles. The van der Waals surface area contributed by atoms with Crippen molar-refractivity contribution in [2.75, 3.05) is 19.6 Å². The highest BCUT2D eigenvalue weighted by Gasteiger charge is 2.42. The van der Waals surface area contributed by atoms with Crippen LogP contribution in [0.2, 0.25) is 10.0 Å². The second kappa shape index (κ2) is 5.45. The van der Waals surface area contributed by atoms with Gasteiger partial charge in [-0.05, 0) is 56.5 Å². The molecular weight excluding hydrogens is 307 g/mol. The smallest absolute Gasteiger partial charge is 0.230 e. The molecule has 2 atom stereocenters. The molecule has 3 nitrogen and oxygen atoms in total. The molecule has 114 valence electrons. The molecule has 2 aliphatic rings. The van der Waals surface area contributed by atoms with Crippen LogP contribution in [0.5, 0.6) is 0 Å². The molecule has 1 unspecified atom stereocenters. The van der Waals surface area contributed by atoms with Gasteiger partial charge >= 0.3 is 0 Å². The van der Waals surface area contributed by atoms with Gasteiger partial charge in [-0.3, -0.25) is 4.79 Å². The Balaban J connectivity index is 1.92. The molecule has 0 radical (unpaired) electrons. The summed E-state index contributed by atoms with van der Waals surface area (Å²) in [6.07, 6.45) is 1.71. The molecule has 0 spiro atoms. The van der Waals surface area contributed by atoms with Crippen molar-refractivity contribution >= 4 is 29.1 Å². The van der Waals surface area contributed by atoms with Crippen LogP contribution in [-0.4, -0.2) is 30.4 Å². The largest absolute Gasteiger partial charge is 0.335 e. The van der Waals surface area contributed by atoms with Crippen molar-refractivity contribution in [3.8, 4) is 0 Å². The summed E-state index contributed by atoms with van der Waals surface area (Å²) in [4.78, 5) is 14.9. The summed E-state index contributed by atoms with van der Waals surface area (Å²) >= 11 is 12.5. The van der Waals surface area contributed by atoms with Crippen molar-refractivity contribution < 1.29 is 4.79 Å². The molecular formula is C16H20Cl2N2O. The van der Waals surface area contributed by atoms with Gasteiger partial charge in [0.2, 0.25) is 5.91 Å². The fourth-order valence-electron chi connectivity index (χ4n) is 3.53. The highest BCUT2D eigenvalue weighted by Crippen LogP contribution is 2.39. The van der Waals surface area contributed by atoms with Crippen LogP contribution in [0.3, 0.4) is 0 Å².